The fourth-order valence-corrected chi connectivity index (χ4v) is 4.27. The van der Waals surface area contributed by atoms with E-state index >= 15 is 0 Å². The van der Waals surface area contributed by atoms with Crippen LogP contribution in [0.1, 0.15) is 16.9 Å². The molecule has 7 heteroatoms. The van der Waals surface area contributed by atoms with Crippen LogP contribution < -0.4 is 0 Å². The number of halogens is 2. The van der Waals surface area contributed by atoms with Crippen molar-refractivity contribution in [2.24, 2.45) is 0 Å². The second kappa shape index (κ2) is 8.27. The smallest absolute Gasteiger partial charge is 0.268 e. The maximum absolute atomic E-state index is 13.4. The van der Waals surface area contributed by atoms with E-state index in [1.807, 2.05) is 0 Å². The van der Waals surface area contributed by atoms with Gasteiger partial charge in [-0.2, -0.15) is 0 Å². The van der Waals surface area contributed by atoms with Crippen LogP contribution in [0.25, 0.3) is 5.57 Å². The van der Waals surface area contributed by atoms with Gasteiger partial charge in [0.15, 0.2) is 0 Å². The van der Waals surface area contributed by atoms with Crippen molar-refractivity contribution in [1.82, 2.24) is 4.90 Å². The van der Waals surface area contributed by atoms with E-state index in [0.717, 1.165) is 0 Å². The molecule has 0 bridgehead atoms. The molecule has 3 aromatic rings. The Balaban J connectivity index is 1.68. The summed E-state index contributed by atoms with van der Waals surface area (Å²) in [6.07, 6.45) is 1.55. The minimum Gasteiger partial charge on any atom is -0.468 e. The van der Waals surface area contributed by atoms with E-state index in [2.05, 4.69) is 0 Å². The van der Waals surface area contributed by atoms with E-state index < -0.39 is 17.6 Å². The van der Waals surface area contributed by atoms with Gasteiger partial charge in [-0.1, -0.05) is 41.9 Å². The summed E-state index contributed by atoms with van der Waals surface area (Å²) < 4.78 is 18.7. The van der Waals surface area contributed by atoms with Crippen LogP contribution >= 0.6 is 23.4 Å². The van der Waals surface area contributed by atoms with Gasteiger partial charge in [-0.15, -0.1) is 11.8 Å². The zero-order valence-electron chi connectivity index (χ0n) is 15.1. The Bertz CT molecular complexity index is 1090. The Morgan fingerprint density at radius 2 is 1.72 bits per heavy atom. The predicted molar refractivity (Wildman–Crippen MR) is 110 cm³/mol. The summed E-state index contributed by atoms with van der Waals surface area (Å²) >= 11 is 7.44. The highest BCUT2D eigenvalue weighted by molar-refractivity contribution is 8.03. The quantitative estimate of drug-likeness (QED) is 0.502. The summed E-state index contributed by atoms with van der Waals surface area (Å²) in [5.41, 5.74) is 1.43. The van der Waals surface area contributed by atoms with Gasteiger partial charge in [0.2, 0.25) is 0 Å². The standard InChI is InChI=1S/C22H15ClFNO3S/c23-18-6-2-1-4-15(18)12-25-21(26)19(14-7-9-16(24)10-8-14)20(22(25)27)29-13-17-5-3-11-28-17/h1-11H,12-13H2. The Morgan fingerprint density at radius 1 is 0.966 bits per heavy atom. The average Bonchev–Trinajstić information content (AvgIpc) is 3.31. The van der Waals surface area contributed by atoms with E-state index in [1.165, 1.54) is 40.9 Å². The van der Waals surface area contributed by atoms with Gasteiger partial charge in [0.05, 0.1) is 29.0 Å². The second-order valence-corrected chi connectivity index (χ2v) is 7.76. The maximum Gasteiger partial charge on any atom is 0.268 e. The number of carbonyl (C=O) groups excluding carboxylic acids is 2. The summed E-state index contributed by atoms with van der Waals surface area (Å²) in [5.74, 6) is -0.157. The molecule has 2 aromatic carbocycles. The van der Waals surface area contributed by atoms with Crippen LogP contribution in [-0.2, 0) is 21.9 Å². The molecule has 1 aromatic heterocycles. The van der Waals surface area contributed by atoms with Crippen molar-refractivity contribution >= 4 is 40.8 Å². The first-order valence-corrected chi connectivity index (χ1v) is 10.2. The molecule has 1 aliphatic rings. The lowest BCUT2D eigenvalue weighted by molar-refractivity contribution is -0.137. The van der Waals surface area contributed by atoms with Crippen LogP contribution in [0.4, 0.5) is 4.39 Å². The van der Waals surface area contributed by atoms with Crippen LogP contribution in [-0.4, -0.2) is 16.7 Å². The van der Waals surface area contributed by atoms with Gasteiger partial charge >= 0.3 is 0 Å². The van der Waals surface area contributed by atoms with Gasteiger partial charge in [-0.25, -0.2) is 4.39 Å². The zero-order valence-corrected chi connectivity index (χ0v) is 16.7. The van der Waals surface area contributed by atoms with Gasteiger partial charge in [0.25, 0.3) is 11.8 Å². The molecule has 2 heterocycles. The van der Waals surface area contributed by atoms with Crippen molar-refractivity contribution in [1.29, 1.82) is 0 Å². The monoisotopic (exact) mass is 427 g/mol. The Kier molecular flexibility index (Phi) is 5.56. The highest BCUT2D eigenvalue weighted by atomic mass is 35.5. The highest BCUT2D eigenvalue weighted by Gasteiger charge is 2.39. The molecule has 0 N–H and O–H groups in total. The molecule has 0 saturated heterocycles. The van der Waals surface area contributed by atoms with E-state index in [4.69, 9.17) is 16.0 Å². The molecule has 0 unspecified atom stereocenters. The fraction of sp³-hybridized carbons (Fsp3) is 0.0909. The predicted octanol–water partition coefficient (Wildman–Crippen LogP) is 5.29. The number of furan rings is 1. The number of imide groups is 1. The van der Waals surface area contributed by atoms with Crippen molar-refractivity contribution in [2.75, 3.05) is 0 Å². The fourth-order valence-electron chi connectivity index (χ4n) is 3.04. The largest absolute Gasteiger partial charge is 0.468 e. The van der Waals surface area contributed by atoms with Gasteiger partial charge in [-0.05, 0) is 41.5 Å². The Labute approximate surface area is 176 Å². The van der Waals surface area contributed by atoms with Gasteiger partial charge in [0, 0.05) is 5.02 Å². The van der Waals surface area contributed by atoms with Crippen LogP contribution in [0.3, 0.4) is 0 Å². The molecule has 4 nitrogen and oxygen atoms in total. The maximum atomic E-state index is 13.4. The minimum atomic E-state index is -0.427. The lowest BCUT2D eigenvalue weighted by atomic mass is 10.1. The minimum absolute atomic E-state index is 0.0623. The van der Waals surface area contributed by atoms with Crippen molar-refractivity contribution in [3.05, 3.63) is 99.6 Å². The van der Waals surface area contributed by atoms with Crippen molar-refractivity contribution in [3.63, 3.8) is 0 Å². The lowest BCUT2D eigenvalue weighted by Gasteiger charge is -2.16. The number of nitrogens with zero attached hydrogens (tertiary/aromatic N) is 1. The highest BCUT2D eigenvalue weighted by Crippen LogP contribution is 2.38. The molecule has 0 spiro atoms. The second-order valence-electron chi connectivity index (χ2n) is 6.37. The molecule has 0 radical (unpaired) electrons. The first kappa shape index (κ1) is 19.5. The molecule has 2 amide bonds. The summed E-state index contributed by atoms with van der Waals surface area (Å²) in [7, 11) is 0. The zero-order chi connectivity index (χ0) is 20.4. The van der Waals surface area contributed by atoms with Crippen molar-refractivity contribution in [3.8, 4) is 0 Å². The topological polar surface area (TPSA) is 50.5 Å². The third kappa shape index (κ3) is 3.99. The van der Waals surface area contributed by atoms with E-state index in [1.54, 1.807) is 42.7 Å². The van der Waals surface area contributed by atoms with E-state index in [-0.39, 0.29) is 12.1 Å². The molecule has 146 valence electrons. The number of carbonyl (C=O) groups is 2. The summed E-state index contributed by atoms with van der Waals surface area (Å²) in [6.45, 7) is 0.0623. The summed E-state index contributed by atoms with van der Waals surface area (Å²) in [6, 6.07) is 16.2. The van der Waals surface area contributed by atoms with E-state index in [9.17, 15) is 14.0 Å². The van der Waals surface area contributed by atoms with Crippen molar-refractivity contribution in [2.45, 2.75) is 12.3 Å². The first-order valence-electron chi connectivity index (χ1n) is 8.79. The third-order valence-electron chi connectivity index (χ3n) is 4.48. The SMILES string of the molecule is O=C1C(SCc2ccco2)=C(c2ccc(F)cc2)C(=O)N1Cc1ccccc1Cl. The Hall–Kier alpha value is -2.83. The average molecular weight is 428 g/mol. The number of hydrogen-bond acceptors (Lipinski definition) is 4. The normalized spacial score (nSPS) is 14.2. The lowest BCUT2D eigenvalue weighted by Crippen LogP contribution is -2.31. The molecule has 29 heavy (non-hydrogen) atoms. The molecular formula is C22H15ClFNO3S. The molecule has 0 saturated carbocycles. The first-order chi connectivity index (χ1) is 14.0. The number of amides is 2. The number of rotatable bonds is 6. The molecule has 0 fully saturated rings. The summed E-state index contributed by atoms with van der Waals surface area (Å²) in [5, 5.41) is 0.480. The van der Waals surface area contributed by atoms with Crippen LogP contribution in [0.2, 0.25) is 5.02 Å². The molecular weight excluding hydrogens is 413 g/mol. The summed E-state index contributed by atoms with van der Waals surface area (Å²) in [4.78, 5) is 27.8. The number of hydrogen-bond donors (Lipinski definition) is 0. The number of thioether (sulfide) groups is 1. The van der Waals surface area contributed by atoms with Crippen molar-refractivity contribution < 1.29 is 18.4 Å². The number of benzene rings is 2. The van der Waals surface area contributed by atoms with Gasteiger partial charge in [-0.3, -0.25) is 14.5 Å². The third-order valence-corrected chi connectivity index (χ3v) is 5.95. The molecule has 4 rings (SSSR count). The van der Waals surface area contributed by atoms with Crippen LogP contribution in [0, 0.1) is 5.82 Å². The molecule has 1 aliphatic heterocycles. The van der Waals surface area contributed by atoms with Crippen LogP contribution in [0.5, 0.6) is 0 Å². The van der Waals surface area contributed by atoms with Gasteiger partial charge < -0.3 is 4.42 Å². The molecule has 0 atom stereocenters. The van der Waals surface area contributed by atoms with Crippen LogP contribution in [0.15, 0.2) is 76.2 Å². The molecule has 0 aliphatic carbocycles. The van der Waals surface area contributed by atoms with Gasteiger partial charge in [0.1, 0.15) is 11.6 Å². The Morgan fingerprint density at radius 3 is 2.41 bits per heavy atom. The van der Waals surface area contributed by atoms with E-state index in [0.29, 0.717) is 32.6 Å².